The van der Waals surface area contributed by atoms with Crippen molar-refractivity contribution in [3.63, 3.8) is 0 Å². The van der Waals surface area contributed by atoms with Gasteiger partial charge in [0.15, 0.2) is 11.3 Å². The minimum absolute atomic E-state index is 0.189. The Morgan fingerprint density at radius 3 is 3.12 bits per heavy atom. The molecule has 0 aliphatic heterocycles. The first-order valence-electron chi connectivity index (χ1n) is 4.88. The maximum Gasteiger partial charge on any atom is 0.357 e. The van der Waals surface area contributed by atoms with Gasteiger partial charge in [0.2, 0.25) is 0 Å². The number of esters is 1. The van der Waals surface area contributed by atoms with E-state index in [9.17, 15) is 4.79 Å². The van der Waals surface area contributed by atoms with E-state index in [4.69, 9.17) is 9.84 Å². The number of hydrogen-bond acceptors (Lipinski definition) is 5. The minimum atomic E-state index is -0.456. The van der Waals surface area contributed by atoms with Crippen LogP contribution in [0, 0.1) is 0 Å². The summed E-state index contributed by atoms with van der Waals surface area (Å²) in [5.74, 6) is -0.456. The van der Waals surface area contributed by atoms with Crippen LogP contribution in [0.15, 0.2) is 18.3 Å². The van der Waals surface area contributed by atoms with Gasteiger partial charge in [-0.25, -0.2) is 14.3 Å². The van der Waals surface area contributed by atoms with E-state index in [1.807, 2.05) is 0 Å². The number of aromatic nitrogens is 3. The summed E-state index contributed by atoms with van der Waals surface area (Å²) in [4.78, 5) is 15.6. The molecular formula is C10H11N3O3. The number of fused-ring (bicyclic) bond motifs is 1. The molecule has 0 saturated heterocycles. The first-order valence-corrected chi connectivity index (χ1v) is 4.88. The van der Waals surface area contributed by atoms with Crippen LogP contribution in [0.3, 0.4) is 0 Å². The monoisotopic (exact) mass is 221 g/mol. The van der Waals surface area contributed by atoms with Gasteiger partial charge < -0.3 is 9.84 Å². The third kappa shape index (κ3) is 1.74. The molecule has 6 nitrogen and oxygen atoms in total. The molecule has 0 saturated carbocycles. The Hall–Kier alpha value is -1.95. The van der Waals surface area contributed by atoms with Crippen LogP contribution in [0.4, 0.5) is 0 Å². The molecule has 0 amide bonds. The summed E-state index contributed by atoms with van der Waals surface area (Å²) in [7, 11) is 0. The van der Waals surface area contributed by atoms with Gasteiger partial charge in [-0.2, -0.15) is 5.10 Å². The molecule has 2 aromatic heterocycles. The number of rotatable bonds is 3. The lowest BCUT2D eigenvalue weighted by atomic mass is 10.4. The van der Waals surface area contributed by atoms with E-state index < -0.39 is 5.97 Å². The largest absolute Gasteiger partial charge is 0.461 e. The number of carbonyl (C=O) groups excluding carboxylic acids is 1. The molecule has 0 bridgehead atoms. The van der Waals surface area contributed by atoms with Crippen LogP contribution in [0.1, 0.15) is 23.1 Å². The average Bonchev–Trinajstić information content (AvgIpc) is 2.71. The smallest absolute Gasteiger partial charge is 0.357 e. The van der Waals surface area contributed by atoms with Crippen LogP contribution in [0.2, 0.25) is 0 Å². The van der Waals surface area contributed by atoms with Crippen molar-refractivity contribution in [1.82, 2.24) is 14.6 Å². The van der Waals surface area contributed by atoms with Gasteiger partial charge in [-0.1, -0.05) is 0 Å². The highest BCUT2D eigenvalue weighted by atomic mass is 16.5. The van der Waals surface area contributed by atoms with Gasteiger partial charge in [0.05, 0.1) is 18.9 Å². The summed E-state index contributed by atoms with van der Waals surface area (Å²) >= 11 is 0. The van der Waals surface area contributed by atoms with Crippen molar-refractivity contribution in [2.75, 3.05) is 6.61 Å². The molecule has 0 spiro atoms. The molecule has 0 radical (unpaired) electrons. The number of aliphatic hydroxyl groups excluding tert-OH is 1. The highest BCUT2D eigenvalue weighted by Crippen LogP contribution is 2.08. The van der Waals surface area contributed by atoms with Gasteiger partial charge in [-0.3, -0.25) is 0 Å². The minimum Gasteiger partial charge on any atom is -0.461 e. The molecule has 2 aromatic rings. The van der Waals surface area contributed by atoms with Gasteiger partial charge in [-0.15, -0.1) is 0 Å². The number of hydrogen-bond donors (Lipinski definition) is 1. The zero-order valence-corrected chi connectivity index (χ0v) is 8.75. The molecule has 6 heteroatoms. The van der Waals surface area contributed by atoms with Gasteiger partial charge >= 0.3 is 5.97 Å². The Morgan fingerprint density at radius 1 is 1.62 bits per heavy atom. The van der Waals surface area contributed by atoms with Crippen LogP contribution in [-0.2, 0) is 11.3 Å². The fourth-order valence-corrected chi connectivity index (χ4v) is 1.38. The molecule has 0 aliphatic rings. The predicted octanol–water partition coefficient (Wildman–Crippen LogP) is 0.398. The van der Waals surface area contributed by atoms with E-state index in [1.54, 1.807) is 13.0 Å². The van der Waals surface area contributed by atoms with Gasteiger partial charge in [0.1, 0.15) is 0 Å². The first kappa shape index (κ1) is 10.6. The number of carbonyl (C=O) groups is 1. The summed E-state index contributed by atoms with van der Waals surface area (Å²) in [6.45, 7) is 1.85. The molecule has 0 fully saturated rings. The van der Waals surface area contributed by atoms with Crippen LogP contribution in [0.25, 0.3) is 5.65 Å². The van der Waals surface area contributed by atoms with E-state index in [-0.39, 0.29) is 6.61 Å². The van der Waals surface area contributed by atoms with E-state index in [0.717, 1.165) is 0 Å². The maximum atomic E-state index is 11.6. The number of ether oxygens (including phenoxy) is 1. The van der Waals surface area contributed by atoms with Crippen molar-refractivity contribution in [2.24, 2.45) is 0 Å². The van der Waals surface area contributed by atoms with Crippen molar-refractivity contribution < 1.29 is 14.6 Å². The molecule has 0 unspecified atom stereocenters. The van der Waals surface area contributed by atoms with Crippen molar-refractivity contribution in [3.8, 4) is 0 Å². The standard InChI is InChI=1S/C10H11N3O3/c1-2-16-10(15)8-3-4-11-9-5-7(6-14)12-13(8)9/h3-5,14H,2,6H2,1H3. The first-order chi connectivity index (χ1) is 7.76. The highest BCUT2D eigenvalue weighted by Gasteiger charge is 2.13. The molecule has 2 rings (SSSR count). The Balaban J connectivity index is 2.52. The molecule has 0 aliphatic carbocycles. The third-order valence-electron chi connectivity index (χ3n) is 2.06. The van der Waals surface area contributed by atoms with Gasteiger partial charge in [0, 0.05) is 12.3 Å². The second-order valence-electron chi connectivity index (χ2n) is 3.11. The summed E-state index contributed by atoms with van der Waals surface area (Å²) in [5, 5.41) is 13.0. The van der Waals surface area contributed by atoms with Crippen LogP contribution < -0.4 is 0 Å². The normalized spacial score (nSPS) is 10.6. The zero-order valence-electron chi connectivity index (χ0n) is 8.75. The Bertz CT molecular complexity index is 521. The second kappa shape index (κ2) is 4.28. The fraction of sp³-hybridized carbons (Fsp3) is 0.300. The molecule has 16 heavy (non-hydrogen) atoms. The molecule has 84 valence electrons. The van der Waals surface area contributed by atoms with Crippen LogP contribution in [-0.4, -0.2) is 32.3 Å². The predicted molar refractivity (Wildman–Crippen MR) is 54.9 cm³/mol. The number of nitrogens with zero attached hydrogens (tertiary/aromatic N) is 3. The van der Waals surface area contributed by atoms with E-state index in [2.05, 4.69) is 10.1 Å². The molecule has 2 heterocycles. The summed E-state index contributed by atoms with van der Waals surface area (Å²) < 4.78 is 6.25. The topological polar surface area (TPSA) is 76.7 Å². The van der Waals surface area contributed by atoms with Crippen molar-refractivity contribution in [2.45, 2.75) is 13.5 Å². The van der Waals surface area contributed by atoms with E-state index in [1.165, 1.54) is 16.8 Å². The Kier molecular flexibility index (Phi) is 2.82. The van der Waals surface area contributed by atoms with Crippen molar-refractivity contribution in [1.29, 1.82) is 0 Å². The van der Waals surface area contributed by atoms with Crippen molar-refractivity contribution >= 4 is 11.6 Å². The lowest BCUT2D eigenvalue weighted by molar-refractivity contribution is 0.0516. The highest BCUT2D eigenvalue weighted by molar-refractivity contribution is 5.88. The maximum absolute atomic E-state index is 11.6. The van der Waals surface area contributed by atoms with Crippen LogP contribution >= 0.6 is 0 Å². The van der Waals surface area contributed by atoms with Crippen LogP contribution in [0.5, 0.6) is 0 Å². The average molecular weight is 221 g/mol. The van der Waals surface area contributed by atoms with E-state index in [0.29, 0.717) is 23.6 Å². The van der Waals surface area contributed by atoms with Crippen molar-refractivity contribution in [3.05, 3.63) is 29.7 Å². The summed E-state index contributed by atoms with van der Waals surface area (Å²) in [5.41, 5.74) is 1.27. The lowest BCUT2D eigenvalue weighted by Crippen LogP contribution is -2.11. The molecule has 1 N–H and O–H groups in total. The van der Waals surface area contributed by atoms with E-state index >= 15 is 0 Å². The second-order valence-corrected chi connectivity index (χ2v) is 3.11. The fourth-order valence-electron chi connectivity index (χ4n) is 1.38. The zero-order chi connectivity index (χ0) is 11.5. The quantitative estimate of drug-likeness (QED) is 0.759. The molecule has 0 atom stereocenters. The molecule has 0 aromatic carbocycles. The molecular weight excluding hydrogens is 210 g/mol. The lowest BCUT2D eigenvalue weighted by Gasteiger charge is -2.02. The van der Waals surface area contributed by atoms with Gasteiger partial charge in [-0.05, 0) is 13.0 Å². The Labute approximate surface area is 91.5 Å². The Morgan fingerprint density at radius 2 is 2.44 bits per heavy atom. The summed E-state index contributed by atoms with van der Waals surface area (Å²) in [6, 6.07) is 3.14. The summed E-state index contributed by atoms with van der Waals surface area (Å²) in [6.07, 6.45) is 1.50. The van der Waals surface area contributed by atoms with Gasteiger partial charge in [0.25, 0.3) is 0 Å². The SMILES string of the molecule is CCOC(=O)c1ccnc2cc(CO)nn12. The number of aliphatic hydroxyl groups is 1. The third-order valence-corrected chi connectivity index (χ3v) is 2.06.